The minimum Gasteiger partial charge on any atom is -0.399 e. The van der Waals surface area contributed by atoms with Crippen LogP contribution in [0.4, 0.5) is 5.69 Å². The van der Waals surface area contributed by atoms with Crippen molar-refractivity contribution in [2.75, 3.05) is 19.8 Å². The molecule has 0 aliphatic rings. The van der Waals surface area contributed by atoms with E-state index in [1.165, 1.54) is 0 Å². The molecule has 2 aromatic rings. The normalized spacial score (nSPS) is 10.5. The van der Waals surface area contributed by atoms with Gasteiger partial charge in [0.1, 0.15) is 0 Å². The minimum atomic E-state index is -0.0360. The molecule has 0 fully saturated rings. The zero-order valence-corrected chi connectivity index (χ0v) is 10.2. The molecule has 17 heavy (non-hydrogen) atoms. The number of benzene rings is 1. The van der Waals surface area contributed by atoms with Crippen LogP contribution in [0.3, 0.4) is 0 Å². The number of aromatic nitrogens is 1. The van der Waals surface area contributed by atoms with E-state index in [-0.39, 0.29) is 5.91 Å². The number of hydrogen-bond acceptors (Lipinski definition) is 3. The summed E-state index contributed by atoms with van der Waals surface area (Å²) in [6, 6.07) is 7.21. The zero-order valence-electron chi connectivity index (χ0n) is 10.2. The Hall–Kier alpha value is -2.10. The molecule has 88 valence electrons. The van der Waals surface area contributed by atoms with Crippen LogP contribution >= 0.6 is 0 Å². The Balaban J connectivity index is 2.76. The fourth-order valence-electron chi connectivity index (χ4n) is 1.79. The number of nitrogens with zero attached hydrogens (tertiary/aromatic N) is 2. The third kappa shape index (κ3) is 2.06. The van der Waals surface area contributed by atoms with E-state index in [4.69, 9.17) is 5.73 Å². The van der Waals surface area contributed by atoms with Crippen LogP contribution in [0.1, 0.15) is 16.1 Å². The molecule has 0 radical (unpaired) electrons. The van der Waals surface area contributed by atoms with Crippen LogP contribution in [0.5, 0.6) is 0 Å². The van der Waals surface area contributed by atoms with Gasteiger partial charge in [0.25, 0.3) is 5.91 Å². The molecule has 4 heteroatoms. The summed E-state index contributed by atoms with van der Waals surface area (Å²) in [5.74, 6) is -0.0360. The van der Waals surface area contributed by atoms with Crippen molar-refractivity contribution in [3.8, 4) is 0 Å². The van der Waals surface area contributed by atoms with Gasteiger partial charge in [0, 0.05) is 30.9 Å². The van der Waals surface area contributed by atoms with Crippen LogP contribution in [0.25, 0.3) is 10.9 Å². The lowest BCUT2D eigenvalue weighted by Gasteiger charge is -2.13. The van der Waals surface area contributed by atoms with Crippen LogP contribution in [-0.4, -0.2) is 29.9 Å². The number of rotatable bonds is 1. The Kier molecular flexibility index (Phi) is 2.71. The molecule has 2 rings (SSSR count). The Morgan fingerprint density at radius 2 is 2.00 bits per heavy atom. The highest BCUT2D eigenvalue weighted by Gasteiger charge is 2.13. The smallest absolute Gasteiger partial charge is 0.254 e. The van der Waals surface area contributed by atoms with Crippen molar-refractivity contribution in [3.05, 3.63) is 35.5 Å². The topological polar surface area (TPSA) is 59.2 Å². The van der Waals surface area contributed by atoms with Crippen molar-refractivity contribution in [2.24, 2.45) is 0 Å². The van der Waals surface area contributed by atoms with Gasteiger partial charge in [-0.25, -0.2) is 0 Å². The maximum atomic E-state index is 12.1. The Labute approximate surface area is 100 Å². The summed E-state index contributed by atoms with van der Waals surface area (Å²) in [5.41, 5.74) is 8.65. The fourth-order valence-corrected chi connectivity index (χ4v) is 1.79. The Morgan fingerprint density at radius 1 is 1.29 bits per heavy atom. The number of hydrogen-bond donors (Lipinski definition) is 1. The van der Waals surface area contributed by atoms with Crippen molar-refractivity contribution < 1.29 is 4.79 Å². The van der Waals surface area contributed by atoms with Gasteiger partial charge < -0.3 is 10.6 Å². The molecule has 0 saturated carbocycles. The lowest BCUT2D eigenvalue weighted by Crippen LogP contribution is -2.22. The third-order valence-electron chi connectivity index (χ3n) is 2.60. The summed E-state index contributed by atoms with van der Waals surface area (Å²) < 4.78 is 0. The quantitative estimate of drug-likeness (QED) is 0.759. The standard InChI is InChI=1S/C13H15N3O/c1-8-6-11(13(17)16(2)3)10-7-9(14)4-5-12(10)15-8/h4-7H,14H2,1-3H3. The van der Waals surface area contributed by atoms with Crippen molar-refractivity contribution in [3.63, 3.8) is 0 Å². The molecule has 0 aliphatic carbocycles. The summed E-state index contributed by atoms with van der Waals surface area (Å²) in [6.45, 7) is 1.88. The van der Waals surface area contributed by atoms with Crippen LogP contribution in [-0.2, 0) is 0 Å². The van der Waals surface area contributed by atoms with E-state index in [1.807, 2.05) is 13.0 Å². The number of carbonyl (C=O) groups excluding carboxylic acids is 1. The monoisotopic (exact) mass is 229 g/mol. The van der Waals surface area contributed by atoms with Gasteiger partial charge in [-0.05, 0) is 31.2 Å². The van der Waals surface area contributed by atoms with E-state index in [2.05, 4.69) is 4.98 Å². The highest BCUT2D eigenvalue weighted by atomic mass is 16.2. The molecule has 0 spiro atoms. The Bertz CT molecular complexity index is 590. The molecule has 0 saturated heterocycles. The van der Waals surface area contributed by atoms with E-state index in [0.29, 0.717) is 11.3 Å². The van der Waals surface area contributed by atoms with E-state index >= 15 is 0 Å². The van der Waals surface area contributed by atoms with Gasteiger partial charge >= 0.3 is 0 Å². The molecule has 0 bridgehead atoms. The van der Waals surface area contributed by atoms with Crippen LogP contribution in [0, 0.1) is 6.92 Å². The van der Waals surface area contributed by atoms with Gasteiger partial charge in [0.05, 0.1) is 11.1 Å². The molecular formula is C13H15N3O. The van der Waals surface area contributed by atoms with E-state index in [1.54, 1.807) is 37.2 Å². The number of carbonyl (C=O) groups is 1. The molecule has 1 heterocycles. The first-order valence-corrected chi connectivity index (χ1v) is 5.37. The van der Waals surface area contributed by atoms with Crippen molar-refractivity contribution >= 4 is 22.5 Å². The second kappa shape index (κ2) is 4.05. The molecular weight excluding hydrogens is 214 g/mol. The molecule has 0 atom stereocenters. The third-order valence-corrected chi connectivity index (χ3v) is 2.60. The SMILES string of the molecule is Cc1cc(C(=O)N(C)C)c2cc(N)ccc2n1. The van der Waals surface area contributed by atoms with Crippen molar-refractivity contribution in [1.29, 1.82) is 0 Å². The summed E-state index contributed by atoms with van der Waals surface area (Å²) in [4.78, 5) is 18.0. The van der Waals surface area contributed by atoms with Gasteiger partial charge in [-0.3, -0.25) is 9.78 Å². The largest absolute Gasteiger partial charge is 0.399 e. The maximum absolute atomic E-state index is 12.1. The van der Waals surface area contributed by atoms with E-state index < -0.39 is 0 Å². The first-order valence-electron chi connectivity index (χ1n) is 5.37. The number of fused-ring (bicyclic) bond motifs is 1. The summed E-state index contributed by atoms with van der Waals surface area (Å²) >= 11 is 0. The number of pyridine rings is 1. The molecule has 1 aromatic heterocycles. The van der Waals surface area contributed by atoms with Crippen molar-refractivity contribution in [1.82, 2.24) is 9.88 Å². The average Bonchev–Trinajstić information content (AvgIpc) is 2.27. The molecule has 4 nitrogen and oxygen atoms in total. The van der Waals surface area contributed by atoms with E-state index in [0.717, 1.165) is 16.6 Å². The Morgan fingerprint density at radius 3 is 2.65 bits per heavy atom. The van der Waals surface area contributed by atoms with Gasteiger partial charge in [0.2, 0.25) is 0 Å². The molecule has 2 N–H and O–H groups in total. The second-order valence-electron chi connectivity index (χ2n) is 4.29. The molecule has 1 aromatic carbocycles. The van der Waals surface area contributed by atoms with Crippen molar-refractivity contribution in [2.45, 2.75) is 6.92 Å². The predicted octanol–water partition coefficient (Wildman–Crippen LogP) is 1.83. The number of nitrogen functional groups attached to an aromatic ring is 1. The summed E-state index contributed by atoms with van der Waals surface area (Å²) in [7, 11) is 3.46. The average molecular weight is 229 g/mol. The van der Waals surface area contributed by atoms with Crippen LogP contribution < -0.4 is 5.73 Å². The first-order chi connectivity index (χ1) is 7.99. The molecule has 0 aliphatic heterocycles. The highest BCUT2D eigenvalue weighted by molar-refractivity contribution is 6.06. The number of nitrogens with two attached hydrogens (primary N) is 1. The molecule has 0 unspecified atom stereocenters. The second-order valence-corrected chi connectivity index (χ2v) is 4.29. The first kappa shape index (κ1) is 11.4. The summed E-state index contributed by atoms with van der Waals surface area (Å²) in [5, 5.41) is 0.800. The van der Waals surface area contributed by atoms with Gasteiger partial charge in [0.15, 0.2) is 0 Å². The van der Waals surface area contributed by atoms with Crippen LogP contribution in [0.15, 0.2) is 24.3 Å². The highest BCUT2D eigenvalue weighted by Crippen LogP contribution is 2.21. The maximum Gasteiger partial charge on any atom is 0.254 e. The number of amides is 1. The lowest BCUT2D eigenvalue weighted by atomic mass is 10.1. The molecule has 1 amide bonds. The van der Waals surface area contributed by atoms with Gasteiger partial charge in [-0.2, -0.15) is 0 Å². The number of aryl methyl sites for hydroxylation is 1. The predicted molar refractivity (Wildman–Crippen MR) is 68.9 cm³/mol. The van der Waals surface area contributed by atoms with Gasteiger partial charge in [-0.15, -0.1) is 0 Å². The number of anilines is 1. The summed E-state index contributed by atoms with van der Waals surface area (Å²) in [6.07, 6.45) is 0. The lowest BCUT2D eigenvalue weighted by molar-refractivity contribution is 0.0829. The van der Waals surface area contributed by atoms with E-state index in [9.17, 15) is 4.79 Å². The van der Waals surface area contributed by atoms with Gasteiger partial charge in [-0.1, -0.05) is 0 Å². The minimum absolute atomic E-state index is 0.0360. The zero-order chi connectivity index (χ0) is 12.6. The van der Waals surface area contributed by atoms with Crippen LogP contribution in [0.2, 0.25) is 0 Å². The fraction of sp³-hybridized carbons (Fsp3) is 0.231.